The number of halogens is 7. The Morgan fingerprint density at radius 3 is 1.94 bits per heavy atom. The maximum Gasteiger partial charge on any atom is 0.458 e. The molecule has 2 aromatic carbocycles. The average Bonchev–Trinajstić information content (AvgIpc) is 2.66. The van der Waals surface area contributed by atoms with Gasteiger partial charge in [0, 0.05) is 18.1 Å². The second-order valence-corrected chi connectivity index (χ2v) is 7.72. The van der Waals surface area contributed by atoms with Gasteiger partial charge in [-0.2, -0.15) is 13.2 Å². The van der Waals surface area contributed by atoms with E-state index in [0.717, 1.165) is 31.6 Å². The molecule has 166 valence electrons. The highest BCUT2D eigenvalue weighted by Crippen LogP contribution is 2.36. The predicted octanol–water partition coefficient (Wildman–Crippen LogP) is 7.03. The van der Waals surface area contributed by atoms with Crippen LogP contribution < -0.4 is 4.74 Å². The number of rotatable bonds is 4. The molecule has 8 heteroatoms. The Labute approximate surface area is 175 Å². The number of hydrogen-bond donors (Lipinski definition) is 0. The average molecular weight is 444 g/mol. The maximum atomic E-state index is 14.5. The van der Waals surface area contributed by atoms with Crippen LogP contribution in [0.25, 0.3) is 0 Å². The lowest BCUT2D eigenvalue weighted by Crippen LogP contribution is -2.12. The zero-order valence-corrected chi connectivity index (χ0v) is 16.6. The Balaban J connectivity index is 1.74. The quantitative estimate of drug-likeness (QED) is 0.363. The van der Waals surface area contributed by atoms with E-state index >= 15 is 0 Å². The topological polar surface area (TPSA) is 9.23 Å². The first kappa shape index (κ1) is 23.0. The molecule has 0 radical (unpaired) electrons. The largest absolute Gasteiger partial charge is 0.488 e. The minimum atomic E-state index is -4.91. The van der Waals surface area contributed by atoms with Crippen LogP contribution in [0, 0.1) is 41.0 Å². The molecule has 0 saturated heterocycles. The molecule has 1 fully saturated rings. The third kappa shape index (κ3) is 5.93. The van der Waals surface area contributed by atoms with E-state index in [1.165, 1.54) is 18.1 Å². The first-order chi connectivity index (χ1) is 14.5. The van der Waals surface area contributed by atoms with E-state index in [1.807, 2.05) is 0 Å². The third-order valence-electron chi connectivity index (χ3n) is 5.38. The second kappa shape index (κ2) is 9.21. The van der Waals surface area contributed by atoms with Crippen LogP contribution in [0.4, 0.5) is 30.7 Å². The molecule has 0 atom stereocenters. The SMILES string of the molecule is CC1CCC(c2cc(F)c(COc3cc(F)c(C#CC(F)(F)F)c(F)c3)c(F)c2)CC1. The van der Waals surface area contributed by atoms with Gasteiger partial charge >= 0.3 is 6.18 Å². The van der Waals surface area contributed by atoms with Gasteiger partial charge in [0.2, 0.25) is 0 Å². The minimum Gasteiger partial charge on any atom is -0.488 e. The number of benzene rings is 2. The van der Waals surface area contributed by atoms with Crippen molar-refractivity contribution in [2.45, 2.75) is 51.3 Å². The van der Waals surface area contributed by atoms with Crippen LogP contribution in [0.3, 0.4) is 0 Å². The lowest BCUT2D eigenvalue weighted by molar-refractivity contribution is -0.0696. The van der Waals surface area contributed by atoms with Crippen molar-refractivity contribution in [1.82, 2.24) is 0 Å². The molecule has 0 amide bonds. The summed E-state index contributed by atoms with van der Waals surface area (Å²) in [6.07, 6.45) is -1.25. The fraction of sp³-hybridized carbons (Fsp3) is 0.391. The van der Waals surface area contributed by atoms with Gasteiger partial charge < -0.3 is 4.74 Å². The molecule has 0 bridgehead atoms. The second-order valence-electron chi connectivity index (χ2n) is 7.72. The monoisotopic (exact) mass is 444 g/mol. The molecule has 2 aromatic rings. The van der Waals surface area contributed by atoms with Gasteiger partial charge in [0.25, 0.3) is 0 Å². The number of hydrogen-bond acceptors (Lipinski definition) is 1. The molecule has 1 nitrogen and oxygen atoms in total. The van der Waals surface area contributed by atoms with E-state index in [4.69, 9.17) is 4.74 Å². The van der Waals surface area contributed by atoms with Crippen LogP contribution in [0.15, 0.2) is 24.3 Å². The van der Waals surface area contributed by atoms with Gasteiger partial charge in [-0.3, -0.25) is 0 Å². The molecular weight excluding hydrogens is 425 g/mol. The van der Waals surface area contributed by atoms with Crippen molar-refractivity contribution in [3.8, 4) is 17.6 Å². The summed E-state index contributed by atoms with van der Waals surface area (Å²) in [7, 11) is 0. The van der Waals surface area contributed by atoms with Crippen molar-refractivity contribution in [3.63, 3.8) is 0 Å². The fourth-order valence-corrected chi connectivity index (χ4v) is 3.63. The molecule has 0 N–H and O–H groups in total. The van der Waals surface area contributed by atoms with Crippen molar-refractivity contribution in [2.75, 3.05) is 0 Å². The summed E-state index contributed by atoms with van der Waals surface area (Å²) >= 11 is 0. The molecule has 0 aliphatic heterocycles. The standard InChI is InChI=1S/C23H19F7O/c1-13-2-4-14(5-3-13)15-8-19(24)18(20(25)9-15)12-31-16-10-21(26)17(22(27)11-16)6-7-23(28,29)30/h8-11,13-14H,2-5,12H2,1H3. The normalized spacial score (nSPS) is 19.0. The highest BCUT2D eigenvalue weighted by molar-refractivity contribution is 5.42. The van der Waals surface area contributed by atoms with Crippen molar-refractivity contribution in [1.29, 1.82) is 0 Å². The summed E-state index contributed by atoms with van der Waals surface area (Å²) in [5.41, 5.74) is -0.918. The van der Waals surface area contributed by atoms with Crippen molar-refractivity contribution < 1.29 is 35.5 Å². The van der Waals surface area contributed by atoms with Gasteiger partial charge in [-0.05, 0) is 42.4 Å². The van der Waals surface area contributed by atoms with Crippen LogP contribution in [0.1, 0.15) is 55.2 Å². The molecule has 0 spiro atoms. The highest BCUT2D eigenvalue weighted by Gasteiger charge is 2.24. The fourth-order valence-electron chi connectivity index (χ4n) is 3.63. The molecule has 31 heavy (non-hydrogen) atoms. The van der Waals surface area contributed by atoms with Gasteiger partial charge in [-0.1, -0.05) is 25.7 Å². The molecule has 0 unspecified atom stereocenters. The van der Waals surface area contributed by atoms with Crippen LogP contribution in [-0.4, -0.2) is 6.18 Å². The van der Waals surface area contributed by atoms with Crippen LogP contribution in [0.2, 0.25) is 0 Å². The third-order valence-corrected chi connectivity index (χ3v) is 5.38. The van der Waals surface area contributed by atoms with Gasteiger partial charge in [0.1, 0.15) is 35.6 Å². The zero-order valence-electron chi connectivity index (χ0n) is 16.6. The predicted molar refractivity (Wildman–Crippen MR) is 100 cm³/mol. The summed E-state index contributed by atoms with van der Waals surface area (Å²) in [6.45, 7) is 1.49. The van der Waals surface area contributed by atoms with Crippen molar-refractivity contribution in [3.05, 3.63) is 64.2 Å². The Hall–Kier alpha value is -2.69. The highest BCUT2D eigenvalue weighted by atomic mass is 19.4. The first-order valence-corrected chi connectivity index (χ1v) is 9.73. The molecule has 1 aliphatic carbocycles. The Morgan fingerprint density at radius 2 is 1.42 bits per heavy atom. The van der Waals surface area contributed by atoms with Crippen molar-refractivity contribution >= 4 is 0 Å². The summed E-state index contributed by atoms with van der Waals surface area (Å²) in [5.74, 6) is -2.04. The summed E-state index contributed by atoms with van der Waals surface area (Å²) in [4.78, 5) is 0. The summed E-state index contributed by atoms with van der Waals surface area (Å²) in [6, 6.07) is 3.71. The molecule has 1 saturated carbocycles. The maximum absolute atomic E-state index is 14.5. The van der Waals surface area contributed by atoms with Gasteiger partial charge in [-0.25, -0.2) is 17.6 Å². The van der Waals surface area contributed by atoms with Crippen LogP contribution in [-0.2, 0) is 6.61 Å². The van der Waals surface area contributed by atoms with Gasteiger partial charge in [0.05, 0.1) is 11.1 Å². The van der Waals surface area contributed by atoms with Gasteiger partial charge in [0.15, 0.2) is 0 Å². The summed E-state index contributed by atoms with van der Waals surface area (Å²) < 4.78 is 98.3. The lowest BCUT2D eigenvalue weighted by atomic mass is 9.79. The van der Waals surface area contributed by atoms with Crippen molar-refractivity contribution in [2.24, 2.45) is 5.92 Å². The number of ether oxygens (including phenoxy) is 1. The Morgan fingerprint density at radius 1 is 0.871 bits per heavy atom. The van der Waals surface area contributed by atoms with Crippen LogP contribution in [0.5, 0.6) is 5.75 Å². The van der Waals surface area contributed by atoms with E-state index < -0.39 is 52.9 Å². The molecule has 0 aromatic heterocycles. The van der Waals surface area contributed by atoms with E-state index in [1.54, 1.807) is 0 Å². The Bertz CT molecular complexity index is 963. The smallest absolute Gasteiger partial charge is 0.458 e. The molecule has 0 heterocycles. The van der Waals surface area contributed by atoms with E-state index in [9.17, 15) is 30.7 Å². The minimum absolute atomic E-state index is 0.0729. The van der Waals surface area contributed by atoms with Gasteiger partial charge in [-0.15, -0.1) is 0 Å². The molecular formula is C23H19F7O. The number of alkyl halides is 3. The molecule has 3 rings (SSSR count). The van der Waals surface area contributed by atoms with E-state index in [-0.39, 0.29) is 5.92 Å². The zero-order chi connectivity index (χ0) is 22.8. The molecule has 1 aliphatic rings. The summed E-state index contributed by atoms with van der Waals surface area (Å²) in [5, 5.41) is 0. The first-order valence-electron chi connectivity index (χ1n) is 9.73. The lowest BCUT2D eigenvalue weighted by Gasteiger charge is -2.26. The van der Waals surface area contributed by atoms with Crippen LogP contribution >= 0.6 is 0 Å². The van der Waals surface area contributed by atoms with E-state index in [0.29, 0.717) is 23.6 Å². The Kier molecular flexibility index (Phi) is 6.83. The van der Waals surface area contributed by atoms with E-state index in [2.05, 4.69) is 6.92 Å².